The van der Waals surface area contributed by atoms with Gasteiger partial charge in [0, 0.05) is 24.5 Å². The zero-order valence-corrected chi connectivity index (χ0v) is 16.7. The number of imidazole rings is 1. The van der Waals surface area contributed by atoms with Gasteiger partial charge in [0.15, 0.2) is 5.96 Å². The quantitative estimate of drug-likeness (QED) is 0.251. The molecule has 0 aliphatic heterocycles. The van der Waals surface area contributed by atoms with Crippen LogP contribution >= 0.6 is 24.0 Å². The Kier molecular flexibility index (Phi) is 9.89. The molecular formula is C16H20F4IN5O. The summed E-state index contributed by atoms with van der Waals surface area (Å²) >= 11 is 0. The number of rotatable bonds is 8. The van der Waals surface area contributed by atoms with Gasteiger partial charge < -0.3 is 15.4 Å². The fourth-order valence-electron chi connectivity index (χ4n) is 2.17. The van der Waals surface area contributed by atoms with Gasteiger partial charge in [-0.15, -0.1) is 24.0 Å². The number of aromatic nitrogens is 2. The molecule has 0 bridgehead atoms. The Hall–Kier alpha value is -2.05. The molecular weight excluding hydrogens is 481 g/mol. The van der Waals surface area contributed by atoms with Crippen LogP contribution in [0.2, 0.25) is 0 Å². The number of nitrogens with one attached hydrogen (secondary N) is 2. The minimum atomic E-state index is -2.93. The molecule has 0 spiro atoms. The zero-order valence-electron chi connectivity index (χ0n) is 14.4. The van der Waals surface area contributed by atoms with Crippen LogP contribution in [0, 0.1) is 0 Å². The van der Waals surface area contributed by atoms with E-state index >= 15 is 0 Å². The first-order chi connectivity index (χ1) is 12.5. The molecule has 6 nitrogen and oxygen atoms in total. The standard InChI is InChI=1S/C16H19F4N5O.HI/c1-2-21-16(24-10-13-22-7-8-25(13)14(17)18)23-9-11-5-3-4-6-12(11)26-15(19)20;/h3-8,14-15H,2,9-10H2,1H3,(H2,21,23,24);1H. The zero-order chi connectivity index (χ0) is 18.9. The first kappa shape index (κ1) is 23.0. The molecule has 1 aromatic heterocycles. The number of aliphatic imine (C=N–C) groups is 1. The van der Waals surface area contributed by atoms with E-state index < -0.39 is 13.2 Å². The van der Waals surface area contributed by atoms with Crippen molar-refractivity contribution >= 4 is 29.9 Å². The van der Waals surface area contributed by atoms with Gasteiger partial charge in [-0.25, -0.2) is 9.98 Å². The van der Waals surface area contributed by atoms with E-state index in [1.165, 1.54) is 18.5 Å². The lowest BCUT2D eigenvalue weighted by molar-refractivity contribution is -0.0504. The summed E-state index contributed by atoms with van der Waals surface area (Å²) in [6, 6.07) is 6.31. The Balaban J connectivity index is 0.00000364. The predicted octanol–water partition coefficient (Wildman–Crippen LogP) is 3.75. The second-order valence-corrected chi connectivity index (χ2v) is 5.06. The second-order valence-electron chi connectivity index (χ2n) is 5.06. The van der Waals surface area contributed by atoms with E-state index in [-0.39, 0.29) is 48.6 Å². The lowest BCUT2D eigenvalue weighted by Crippen LogP contribution is -2.37. The minimum absolute atomic E-state index is 0. The Bertz CT molecular complexity index is 726. The number of alkyl halides is 4. The number of guanidine groups is 1. The molecule has 1 aromatic carbocycles. The molecule has 0 saturated heterocycles. The Morgan fingerprint density at radius 1 is 1.22 bits per heavy atom. The third kappa shape index (κ3) is 7.23. The summed E-state index contributed by atoms with van der Waals surface area (Å²) in [7, 11) is 0. The van der Waals surface area contributed by atoms with Crippen LogP contribution < -0.4 is 15.4 Å². The molecule has 0 unspecified atom stereocenters. The topological polar surface area (TPSA) is 63.5 Å². The van der Waals surface area contributed by atoms with Crippen LogP contribution in [-0.2, 0) is 13.1 Å². The number of halogens is 5. The fourth-order valence-corrected chi connectivity index (χ4v) is 2.17. The van der Waals surface area contributed by atoms with Gasteiger partial charge in [0.05, 0.1) is 13.1 Å². The van der Waals surface area contributed by atoms with Crippen molar-refractivity contribution in [2.45, 2.75) is 33.2 Å². The molecule has 0 aliphatic carbocycles. The van der Waals surface area contributed by atoms with E-state index in [1.807, 2.05) is 6.92 Å². The van der Waals surface area contributed by atoms with E-state index in [0.29, 0.717) is 18.1 Å². The Morgan fingerprint density at radius 3 is 2.63 bits per heavy atom. The van der Waals surface area contributed by atoms with E-state index in [2.05, 4.69) is 25.3 Å². The summed E-state index contributed by atoms with van der Waals surface area (Å²) in [5.74, 6) is 0.519. The lowest BCUT2D eigenvalue weighted by Gasteiger charge is -2.13. The summed E-state index contributed by atoms with van der Waals surface area (Å²) < 4.78 is 55.7. The molecule has 0 fully saturated rings. The largest absolute Gasteiger partial charge is 0.434 e. The summed E-state index contributed by atoms with van der Waals surface area (Å²) in [5.41, 5.74) is 0.471. The fraction of sp³-hybridized carbons (Fsp3) is 0.375. The van der Waals surface area contributed by atoms with Crippen molar-refractivity contribution in [2.75, 3.05) is 6.54 Å². The molecule has 150 valence electrons. The molecule has 2 rings (SSSR count). The SMILES string of the molecule is CCNC(=NCc1ccccc1OC(F)F)NCc1nccn1C(F)F.I. The monoisotopic (exact) mass is 501 g/mol. The van der Waals surface area contributed by atoms with Crippen LogP contribution in [0.1, 0.15) is 24.9 Å². The van der Waals surface area contributed by atoms with Crippen molar-refractivity contribution in [3.05, 3.63) is 48.0 Å². The molecule has 1 heterocycles. The highest BCUT2D eigenvalue weighted by Gasteiger charge is 2.12. The van der Waals surface area contributed by atoms with Crippen molar-refractivity contribution < 1.29 is 22.3 Å². The van der Waals surface area contributed by atoms with Crippen LogP contribution in [-0.4, -0.2) is 28.7 Å². The third-order valence-electron chi connectivity index (χ3n) is 3.31. The molecule has 0 atom stereocenters. The predicted molar refractivity (Wildman–Crippen MR) is 104 cm³/mol. The van der Waals surface area contributed by atoms with Crippen molar-refractivity contribution in [1.29, 1.82) is 0 Å². The molecule has 0 radical (unpaired) electrons. The van der Waals surface area contributed by atoms with Gasteiger partial charge in [-0.1, -0.05) is 18.2 Å². The first-order valence-electron chi connectivity index (χ1n) is 7.86. The summed E-state index contributed by atoms with van der Waals surface area (Å²) in [6.07, 6.45) is 2.47. The number of nitrogens with zero attached hydrogens (tertiary/aromatic N) is 3. The molecule has 11 heteroatoms. The van der Waals surface area contributed by atoms with E-state index in [0.717, 1.165) is 4.57 Å². The van der Waals surface area contributed by atoms with Gasteiger partial charge >= 0.3 is 13.2 Å². The van der Waals surface area contributed by atoms with Gasteiger partial charge in [0.25, 0.3) is 0 Å². The molecule has 0 aliphatic rings. The summed E-state index contributed by atoms with van der Waals surface area (Å²) in [5, 5.41) is 5.83. The average Bonchev–Trinajstić information content (AvgIpc) is 3.07. The third-order valence-corrected chi connectivity index (χ3v) is 3.31. The van der Waals surface area contributed by atoms with Crippen LogP contribution in [0.3, 0.4) is 0 Å². The average molecular weight is 501 g/mol. The molecule has 27 heavy (non-hydrogen) atoms. The normalized spacial score (nSPS) is 11.4. The molecule has 0 amide bonds. The summed E-state index contributed by atoms with van der Waals surface area (Å²) in [4.78, 5) is 8.14. The van der Waals surface area contributed by atoms with Crippen molar-refractivity contribution in [1.82, 2.24) is 20.2 Å². The lowest BCUT2D eigenvalue weighted by atomic mass is 10.2. The summed E-state index contributed by atoms with van der Waals surface area (Å²) in [6.45, 7) is -3.15. The molecule has 0 saturated carbocycles. The number of hydrogen-bond acceptors (Lipinski definition) is 3. The highest BCUT2D eigenvalue weighted by Crippen LogP contribution is 2.21. The highest BCUT2D eigenvalue weighted by molar-refractivity contribution is 14.0. The van der Waals surface area contributed by atoms with Crippen molar-refractivity contribution in [2.24, 2.45) is 4.99 Å². The maximum atomic E-state index is 12.8. The minimum Gasteiger partial charge on any atom is -0.434 e. The molecule has 2 N–H and O–H groups in total. The van der Waals surface area contributed by atoms with Crippen molar-refractivity contribution in [3.8, 4) is 5.75 Å². The van der Waals surface area contributed by atoms with E-state index in [1.54, 1.807) is 18.2 Å². The first-order valence-corrected chi connectivity index (χ1v) is 7.86. The van der Waals surface area contributed by atoms with Gasteiger partial charge in [0.1, 0.15) is 11.6 Å². The van der Waals surface area contributed by atoms with Crippen LogP contribution in [0.15, 0.2) is 41.7 Å². The van der Waals surface area contributed by atoms with Gasteiger partial charge in [-0.3, -0.25) is 4.57 Å². The van der Waals surface area contributed by atoms with Gasteiger partial charge in [0.2, 0.25) is 0 Å². The number of hydrogen-bond donors (Lipinski definition) is 2. The maximum Gasteiger partial charge on any atom is 0.387 e. The maximum absolute atomic E-state index is 12.8. The van der Waals surface area contributed by atoms with Crippen molar-refractivity contribution in [3.63, 3.8) is 0 Å². The number of benzene rings is 1. The van der Waals surface area contributed by atoms with Crippen LogP contribution in [0.25, 0.3) is 0 Å². The van der Waals surface area contributed by atoms with Crippen LogP contribution in [0.4, 0.5) is 17.6 Å². The second kappa shape index (κ2) is 11.6. The Morgan fingerprint density at radius 2 is 1.96 bits per heavy atom. The van der Waals surface area contributed by atoms with E-state index in [9.17, 15) is 17.6 Å². The molecule has 2 aromatic rings. The number of para-hydroxylation sites is 1. The number of ether oxygens (including phenoxy) is 1. The van der Waals surface area contributed by atoms with E-state index in [4.69, 9.17) is 0 Å². The highest BCUT2D eigenvalue weighted by atomic mass is 127. The smallest absolute Gasteiger partial charge is 0.387 e. The Labute approximate surface area is 171 Å². The van der Waals surface area contributed by atoms with Gasteiger partial charge in [-0.05, 0) is 13.0 Å². The van der Waals surface area contributed by atoms with Gasteiger partial charge in [-0.2, -0.15) is 17.6 Å². The van der Waals surface area contributed by atoms with Crippen LogP contribution in [0.5, 0.6) is 5.75 Å².